The molecule has 0 radical (unpaired) electrons. The number of nitrogens with one attached hydrogen (secondary N) is 1. The molecule has 1 atom stereocenters. The van der Waals surface area contributed by atoms with Gasteiger partial charge in [0.2, 0.25) is 5.91 Å². The number of nitrogens with zero attached hydrogens (tertiary/aromatic N) is 3. The molecule has 10 heteroatoms. The van der Waals surface area contributed by atoms with Crippen LogP contribution in [0, 0.1) is 0 Å². The average molecular weight is 477 g/mol. The summed E-state index contributed by atoms with van der Waals surface area (Å²) in [6.45, 7) is 2.37. The normalized spacial score (nSPS) is 15.4. The lowest BCUT2D eigenvalue weighted by atomic mass is 10.1. The zero-order chi connectivity index (χ0) is 22.6. The second kappa shape index (κ2) is 9.68. The van der Waals surface area contributed by atoms with Crippen LogP contribution >= 0.6 is 11.3 Å². The van der Waals surface area contributed by atoms with Gasteiger partial charge in [0.05, 0.1) is 17.4 Å². The molecule has 1 fully saturated rings. The van der Waals surface area contributed by atoms with Gasteiger partial charge in [0.1, 0.15) is 0 Å². The Balaban J connectivity index is 0.00000204. The van der Waals surface area contributed by atoms with Crippen molar-refractivity contribution in [3.63, 3.8) is 0 Å². The fourth-order valence-electron chi connectivity index (χ4n) is 3.59. The first kappa shape index (κ1) is 22.3. The summed E-state index contributed by atoms with van der Waals surface area (Å²) in [5.74, 6) is -0.0734. The number of rotatable bonds is 7. The predicted octanol–water partition coefficient (Wildman–Crippen LogP) is 3.21. The number of carbonyl (C=O) groups excluding carboxylic acids is 1. The fraction of sp³-hybridized carbons (Fsp3) is 0.273. The Labute approximate surface area is 194 Å². The van der Waals surface area contributed by atoms with Gasteiger partial charge in [-0.3, -0.25) is 9.52 Å². The number of hydrogen-bond donors (Lipinski definition) is 2. The maximum absolute atomic E-state index is 12.6. The number of sulfonamides is 1. The van der Waals surface area contributed by atoms with Crippen molar-refractivity contribution in [2.75, 3.05) is 35.8 Å². The van der Waals surface area contributed by atoms with Gasteiger partial charge in [0.15, 0.2) is 5.13 Å². The Kier molecular flexibility index (Phi) is 6.73. The second-order valence-electron chi connectivity index (χ2n) is 7.44. The van der Waals surface area contributed by atoms with Crippen molar-refractivity contribution in [1.82, 2.24) is 9.88 Å². The van der Waals surface area contributed by atoms with Crippen LogP contribution in [0.25, 0.3) is 0 Å². The summed E-state index contributed by atoms with van der Waals surface area (Å²) in [5, 5.41) is 12.3. The topological polar surface area (TPSA) is 103 Å². The molecule has 1 unspecified atom stereocenters. The molecule has 2 heterocycles. The van der Waals surface area contributed by atoms with E-state index in [1.165, 1.54) is 11.3 Å². The number of anilines is 2. The summed E-state index contributed by atoms with van der Waals surface area (Å²) in [4.78, 5) is 20.6. The van der Waals surface area contributed by atoms with Crippen molar-refractivity contribution in [2.24, 2.45) is 0 Å². The predicted molar refractivity (Wildman–Crippen MR) is 128 cm³/mol. The first-order valence-corrected chi connectivity index (χ1v) is 12.6. The Morgan fingerprint density at radius 2 is 1.78 bits per heavy atom. The molecule has 4 rings (SSSR count). The van der Waals surface area contributed by atoms with Gasteiger partial charge in [-0.05, 0) is 29.8 Å². The highest BCUT2D eigenvalue weighted by Crippen LogP contribution is 2.23. The zero-order valence-corrected chi connectivity index (χ0v) is 18.9. The third-order valence-electron chi connectivity index (χ3n) is 5.35. The molecule has 1 aromatic heterocycles. The van der Waals surface area contributed by atoms with Crippen LogP contribution in [0.3, 0.4) is 0 Å². The van der Waals surface area contributed by atoms with Gasteiger partial charge in [-0.25, -0.2) is 13.4 Å². The third-order valence-corrected chi connectivity index (χ3v) is 7.52. The molecule has 1 aliphatic heterocycles. The van der Waals surface area contributed by atoms with Gasteiger partial charge in [-0.2, -0.15) is 0 Å². The van der Waals surface area contributed by atoms with E-state index >= 15 is 0 Å². The highest BCUT2D eigenvalue weighted by molar-refractivity contribution is 7.93. The molecule has 0 saturated carbocycles. The van der Waals surface area contributed by atoms with Gasteiger partial charge in [-0.1, -0.05) is 30.3 Å². The van der Waals surface area contributed by atoms with E-state index < -0.39 is 16.1 Å². The van der Waals surface area contributed by atoms with Crippen LogP contribution in [0.1, 0.15) is 20.9 Å². The first-order valence-electron chi connectivity index (χ1n) is 10.2. The second-order valence-corrected chi connectivity index (χ2v) is 10.0. The smallest absolute Gasteiger partial charge is 0.263 e. The number of carbonyl (C=O) groups is 1. The van der Waals surface area contributed by atoms with E-state index in [-0.39, 0.29) is 20.1 Å². The van der Waals surface area contributed by atoms with Gasteiger partial charge in [0, 0.05) is 46.3 Å². The van der Waals surface area contributed by atoms with Crippen LogP contribution in [0.15, 0.2) is 71.1 Å². The SMILES string of the molecule is O=C(CC(O)c1ccccc1)N1CCN(c2ccc(S(=O)(=O)Nc3nccs3)cc2)CC1.[HH].[HH]. The number of hydrogen-bond acceptors (Lipinski definition) is 7. The van der Waals surface area contributed by atoms with Crippen molar-refractivity contribution >= 4 is 38.1 Å². The minimum atomic E-state index is -3.68. The van der Waals surface area contributed by atoms with Gasteiger partial charge in [-0.15, -0.1) is 11.3 Å². The van der Waals surface area contributed by atoms with Crippen molar-refractivity contribution in [2.45, 2.75) is 17.4 Å². The van der Waals surface area contributed by atoms with E-state index in [1.54, 1.807) is 40.7 Å². The van der Waals surface area contributed by atoms with Crippen molar-refractivity contribution in [3.8, 4) is 0 Å². The van der Waals surface area contributed by atoms with Crippen molar-refractivity contribution < 1.29 is 21.2 Å². The Hall–Kier alpha value is -2.95. The van der Waals surface area contributed by atoms with Crippen LogP contribution in [0.4, 0.5) is 10.8 Å². The lowest BCUT2D eigenvalue weighted by Crippen LogP contribution is -2.49. The number of thiazole rings is 1. The van der Waals surface area contributed by atoms with Gasteiger partial charge >= 0.3 is 0 Å². The molecule has 172 valence electrons. The number of aliphatic hydroxyl groups excluding tert-OH is 1. The number of aromatic nitrogens is 1. The van der Waals surface area contributed by atoms with E-state index in [0.717, 1.165) is 11.3 Å². The highest BCUT2D eigenvalue weighted by Gasteiger charge is 2.24. The molecule has 3 aromatic rings. The lowest BCUT2D eigenvalue weighted by Gasteiger charge is -2.36. The summed E-state index contributed by atoms with van der Waals surface area (Å²) in [5.41, 5.74) is 1.63. The molecule has 0 bridgehead atoms. The number of benzene rings is 2. The molecule has 8 nitrogen and oxygen atoms in total. The maximum Gasteiger partial charge on any atom is 0.263 e. The summed E-state index contributed by atoms with van der Waals surface area (Å²) in [7, 11) is -3.68. The zero-order valence-electron chi connectivity index (χ0n) is 17.3. The lowest BCUT2D eigenvalue weighted by molar-refractivity contribution is -0.133. The highest BCUT2D eigenvalue weighted by atomic mass is 32.2. The minimum absolute atomic E-state index is 0. The number of amides is 1. The van der Waals surface area contributed by atoms with Crippen LogP contribution in [0.2, 0.25) is 0 Å². The maximum atomic E-state index is 12.6. The first-order chi connectivity index (χ1) is 15.4. The van der Waals surface area contributed by atoms with E-state index in [2.05, 4.69) is 14.6 Å². The monoisotopic (exact) mass is 476 g/mol. The molecule has 2 N–H and O–H groups in total. The summed E-state index contributed by atoms with van der Waals surface area (Å²) in [6, 6.07) is 15.9. The van der Waals surface area contributed by atoms with E-state index in [0.29, 0.717) is 31.3 Å². The Morgan fingerprint density at radius 1 is 1.09 bits per heavy atom. The number of aliphatic hydroxyl groups is 1. The molecule has 32 heavy (non-hydrogen) atoms. The summed E-state index contributed by atoms with van der Waals surface area (Å²) in [6.07, 6.45) is 0.787. The molecular weight excluding hydrogens is 448 g/mol. The minimum Gasteiger partial charge on any atom is -0.388 e. The number of piperazine rings is 1. The Morgan fingerprint density at radius 3 is 2.41 bits per heavy atom. The fourth-order valence-corrected chi connectivity index (χ4v) is 5.37. The molecule has 1 amide bonds. The molecule has 1 aliphatic rings. The Bertz CT molecular complexity index is 1140. The third kappa shape index (κ3) is 5.26. The molecule has 0 aliphatic carbocycles. The average Bonchev–Trinajstić information content (AvgIpc) is 3.32. The molecule has 1 saturated heterocycles. The van der Waals surface area contributed by atoms with Crippen LogP contribution in [-0.2, 0) is 14.8 Å². The van der Waals surface area contributed by atoms with Crippen LogP contribution in [-0.4, -0.2) is 55.5 Å². The largest absolute Gasteiger partial charge is 0.388 e. The van der Waals surface area contributed by atoms with Gasteiger partial charge in [0.25, 0.3) is 10.0 Å². The summed E-state index contributed by atoms with van der Waals surface area (Å²) < 4.78 is 27.4. The standard InChI is InChI=1S/C22H24N4O4S2.2H2/c27-20(17-4-2-1-3-5-17)16-21(28)26-13-11-25(12-14-26)18-6-8-19(9-7-18)32(29,30)24-22-23-10-15-31-22;;/h1-10,15,20,27H,11-14,16H2,(H,23,24);2*1H. The van der Waals surface area contributed by atoms with Crippen LogP contribution < -0.4 is 9.62 Å². The summed E-state index contributed by atoms with van der Waals surface area (Å²) >= 11 is 1.22. The van der Waals surface area contributed by atoms with E-state index in [9.17, 15) is 18.3 Å². The van der Waals surface area contributed by atoms with Crippen molar-refractivity contribution in [3.05, 3.63) is 71.7 Å². The van der Waals surface area contributed by atoms with Crippen LogP contribution in [0.5, 0.6) is 0 Å². The van der Waals surface area contributed by atoms with E-state index in [4.69, 9.17) is 0 Å². The van der Waals surface area contributed by atoms with E-state index in [1.807, 2.05) is 30.3 Å². The van der Waals surface area contributed by atoms with Crippen molar-refractivity contribution in [1.29, 1.82) is 0 Å². The quantitative estimate of drug-likeness (QED) is 0.543. The van der Waals surface area contributed by atoms with Gasteiger partial charge < -0.3 is 14.9 Å². The molecule has 0 spiro atoms. The molecule has 2 aromatic carbocycles. The molecular formula is C22H28N4O4S2.